The van der Waals surface area contributed by atoms with Gasteiger partial charge in [0, 0.05) is 19.6 Å². The number of halogens is 1. The average molecular weight is 329 g/mol. The molecule has 0 aliphatic carbocycles. The minimum atomic E-state index is 0.484. The summed E-state index contributed by atoms with van der Waals surface area (Å²) in [6.45, 7) is 1.65. The standard InChI is InChI=1S/C17H17ClN4O/c18-13-9-19-16(8-12-4-3-7-23-10-12)21-17(13)22-11-20-14-5-1-2-6-15(14)22/h1-2,5-6,9,11-12H,3-4,7-8,10H2. The molecule has 0 bridgehead atoms. The summed E-state index contributed by atoms with van der Waals surface area (Å²) in [4.78, 5) is 13.5. The zero-order chi connectivity index (χ0) is 15.6. The average Bonchev–Trinajstić information content (AvgIpc) is 3.01. The van der Waals surface area contributed by atoms with Crippen LogP contribution in [0, 0.1) is 5.92 Å². The first kappa shape index (κ1) is 14.6. The Balaban J connectivity index is 1.69. The number of imidazole rings is 1. The first-order valence-corrected chi connectivity index (χ1v) is 8.20. The van der Waals surface area contributed by atoms with E-state index in [2.05, 4.69) is 15.0 Å². The number of hydrogen-bond acceptors (Lipinski definition) is 4. The molecule has 1 aliphatic rings. The topological polar surface area (TPSA) is 52.8 Å². The monoisotopic (exact) mass is 328 g/mol. The van der Waals surface area contributed by atoms with E-state index in [0.29, 0.717) is 16.8 Å². The molecule has 1 aliphatic heterocycles. The van der Waals surface area contributed by atoms with E-state index in [1.54, 1.807) is 12.5 Å². The van der Waals surface area contributed by atoms with Crippen molar-refractivity contribution in [1.29, 1.82) is 0 Å². The van der Waals surface area contributed by atoms with Gasteiger partial charge in [0.15, 0.2) is 5.82 Å². The molecule has 23 heavy (non-hydrogen) atoms. The van der Waals surface area contributed by atoms with E-state index in [9.17, 15) is 0 Å². The van der Waals surface area contributed by atoms with Crippen LogP contribution in [0.4, 0.5) is 0 Å². The Morgan fingerprint density at radius 2 is 2.17 bits per heavy atom. The maximum absolute atomic E-state index is 6.33. The highest BCUT2D eigenvalue weighted by molar-refractivity contribution is 6.32. The molecule has 1 atom stereocenters. The van der Waals surface area contributed by atoms with Gasteiger partial charge in [-0.3, -0.25) is 4.57 Å². The van der Waals surface area contributed by atoms with E-state index in [-0.39, 0.29) is 0 Å². The number of hydrogen-bond donors (Lipinski definition) is 0. The second-order valence-corrected chi connectivity index (χ2v) is 6.26. The summed E-state index contributed by atoms with van der Waals surface area (Å²) in [5, 5.41) is 0.525. The predicted molar refractivity (Wildman–Crippen MR) is 88.9 cm³/mol. The van der Waals surface area contributed by atoms with Gasteiger partial charge in [-0.2, -0.15) is 0 Å². The van der Waals surface area contributed by atoms with Crippen LogP contribution >= 0.6 is 11.6 Å². The van der Waals surface area contributed by atoms with E-state index < -0.39 is 0 Å². The molecule has 5 nitrogen and oxygen atoms in total. The van der Waals surface area contributed by atoms with Gasteiger partial charge in [0.2, 0.25) is 0 Å². The van der Waals surface area contributed by atoms with E-state index in [1.165, 1.54) is 0 Å². The van der Waals surface area contributed by atoms with Crippen LogP contribution in [0.1, 0.15) is 18.7 Å². The number of aromatic nitrogens is 4. The van der Waals surface area contributed by atoms with E-state index in [0.717, 1.165) is 49.3 Å². The molecule has 1 unspecified atom stereocenters. The first-order valence-electron chi connectivity index (χ1n) is 7.83. The third kappa shape index (κ3) is 2.94. The highest BCUT2D eigenvalue weighted by Gasteiger charge is 2.17. The summed E-state index contributed by atoms with van der Waals surface area (Å²) in [5.74, 6) is 1.97. The zero-order valence-corrected chi connectivity index (χ0v) is 13.4. The molecule has 0 N–H and O–H groups in total. The summed E-state index contributed by atoms with van der Waals surface area (Å²) in [5.41, 5.74) is 1.91. The van der Waals surface area contributed by atoms with Crippen molar-refractivity contribution in [2.45, 2.75) is 19.3 Å². The molecule has 118 valence electrons. The van der Waals surface area contributed by atoms with Crippen molar-refractivity contribution in [1.82, 2.24) is 19.5 Å². The van der Waals surface area contributed by atoms with Gasteiger partial charge in [-0.1, -0.05) is 23.7 Å². The van der Waals surface area contributed by atoms with Gasteiger partial charge < -0.3 is 4.74 Å². The molecule has 1 aromatic carbocycles. The SMILES string of the molecule is Clc1cnc(CC2CCCOC2)nc1-n1cnc2ccccc21. The van der Waals surface area contributed by atoms with Crippen molar-refractivity contribution in [2.75, 3.05) is 13.2 Å². The number of rotatable bonds is 3. The van der Waals surface area contributed by atoms with Crippen LogP contribution in [-0.4, -0.2) is 32.7 Å². The fourth-order valence-electron chi connectivity index (χ4n) is 3.02. The number of benzene rings is 1. The minimum absolute atomic E-state index is 0.484. The summed E-state index contributed by atoms with van der Waals surface area (Å²) >= 11 is 6.33. The molecule has 1 saturated heterocycles. The Morgan fingerprint density at radius 1 is 1.26 bits per heavy atom. The third-order valence-corrected chi connectivity index (χ3v) is 4.45. The lowest BCUT2D eigenvalue weighted by atomic mass is 9.98. The molecular weight excluding hydrogens is 312 g/mol. The number of para-hydroxylation sites is 2. The first-order chi connectivity index (χ1) is 11.3. The molecule has 0 spiro atoms. The molecule has 1 fully saturated rings. The van der Waals surface area contributed by atoms with Crippen molar-refractivity contribution in [3.63, 3.8) is 0 Å². The van der Waals surface area contributed by atoms with Crippen LogP contribution in [0.15, 0.2) is 36.8 Å². The summed E-state index contributed by atoms with van der Waals surface area (Å²) in [6, 6.07) is 7.93. The van der Waals surface area contributed by atoms with Crippen molar-refractivity contribution >= 4 is 22.6 Å². The van der Waals surface area contributed by atoms with Crippen molar-refractivity contribution in [2.24, 2.45) is 5.92 Å². The molecule has 4 rings (SSSR count). The normalized spacial score (nSPS) is 18.4. The van der Waals surface area contributed by atoms with Gasteiger partial charge >= 0.3 is 0 Å². The fraction of sp³-hybridized carbons (Fsp3) is 0.353. The summed E-state index contributed by atoms with van der Waals surface area (Å²) in [7, 11) is 0. The molecule has 0 saturated carbocycles. The van der Waals surface area contributed by atoms with E-state index in [1.807, 2.05) is 28.8 Å². The maximum Gasteiger partial charge on any atom is 0.160 e. The van der Waals surface area contributed by atoms with Crippen molar-refractivity contribution in [3.8, 4) is 5.82 Å². The molecule has 2 aromatic heterocycles. The van der Waals surface area contributed by atoms with Gasteiger partial charge in [-0.25, -0.2) is 15.0 Å². The quantitative estimate of drug-likeness (QED) is 0.739. The Morgan fingerprint density at radius 3 is 3.04 bits per heavy atom. The highest BCUT2D eigenvalue weighted by Crippen LogP contribution is 2.24. The largest absolute Gasteiger partial charge is 0.381 e. The third-order valence-electron chi connectivity index (χ3n) is 4.18. The lowest BCUT2D eigenvalue weighted by Crippen LogP contribution is -2.20. The van der Waals surface area contributed by atoms with Gasteiger partial charge in [0.25, 0.3) is 0 Å². The smallest absolute Gasteiger partial charge is 0.160 e. The number of ether oxygens (including phenoxy) is 1. The Kier molecular flexibility index (Phi) is 3.97. The molecule has 0 radical (unpaired) electrons. The van der Waals surface area contributed by atoms with E-state index in [4.69, 9.17) is 16.3 Å². The summed E-state index contributed by atoms with van der Waals surface area (Å²) < 4.78 is 7.46. The van der Waals surface area contributed by atoms with Crippen LogP contribution in [-0.2, 0) is 11.2 Å². The Bertz CT molecular complexity index is 826. The maximum atomic E-state index is 6.33. The zero-order valence-electron chi connectivity index (χ0n) is 12.7. The number of nitrogens with zero attached hydrogens (tertiary/aromatic N) is 4. The lowest BCUT2D eigenvalue weighted by Gasteiger charge is -2.21. The second kappa shape index (κ2) is 6.26. The molecule has 3 aromatic rings. The summed E-state index contributed by atoms with van der Waals surface area (Å²) in [6.07, 6.45) is 6.52. The van der Waals surface area contributed by atoms with Gasteiger partial charge in [-0.05, 0) is 30.9 Å². The molecular formula is C17H17ClN4O. The molecule has 0 amide bonds. The number of fused-ring (bicyclic) bond motifs is 1. The predicted octanol–water partition coefficient (Wildman–Crippen LogP) is 3.44. The molecule has 6 heteroatoms. The fourth-order valence-corrected chi connectivity index (χ4v) is 3.20. The van der Waals surface area contributed by atoms with Gasteiger partial charge in [0.05, 0.1) is 17.2 Å². The highest BCUT2D eigenvalue weighted by atomic mass is 35.5. The second-order valence-electron chi connectivity index (χ2n) is 5.85. The van der Waals surface area contributed by atoms with Gasteiger partial charge in [0.1, 0.15) is 17.2 Å². The molecule has 3 heterocycles. The van der Waals surface area contributed by atoms with Crippen LogP contribution in [0.2, 0.25) is 5.02 Å². The van der Waals surface area contributed by atoms with E-state index >= 15 is 0 Å². The Hall–Kier alpha value is -1.98. The Labute approximate surface area is 139 Å². The van der Waals surface area contributed by atoms with Crippen LogP contribution in [0.5, 0.6) is 0 Å². The van der Waals surface area contributed by atoms with Crippen molar-refractivity contribution < 1.29 is 4.74 Å². The van der Waals surface area contributed by atoms with Crippen LogP contribution in [0.25, 0.3) is 16.9 Å². The minimum Gasteiger partial charge on any atom is -0.381 e. The lowest BCUT2D eigenvalue weighted by molar-refractivity contribution is 0.0543. The van der Waals surface area contributed by atoms with Crippen molar-refractivity contribution in [3.05, 3.63) is 47.6 Å². The van der Waals surface area contributed by atoms with Crippen LogP contribution < -0.4 is 0 Å². The van der Waals surface area contributed by atoms with Crippen LogP contribution in [0.3, 0.4) is 0 Å². The van der Waals surface area contributed by atoms with Gasteiger partial charge in [-0.15, -0.1) is 0 Å².